The zero-order valence-electron chi connectivity index (χ0n) is 13.1. The molecular formula is C15H24N2O4S. The van der Waals surface area contributed by atoms with Crippen LogP contribution in [0.25, 0.3) is 0 Å². The number of rotatable bonds is 6. The predicted molar refractivity (Wildman–Crippen MR) is 84.2 cm³/mol. The van der Waals surface area contributed by atoms with Crippen molar-refractivity contribution in [2.45, 2.75) is 37.5 Å². The second kappa shape index (κ2) is 7.28. The first-order chi connectivity index (χ1) is 10.4. The van der Waals surface area contributed by atoms with Gasteiger partial charge in [-0.1, -0.05) is 6.42 Å². The molecule has 0 aliphatic carbocycles. The van der Waals surface area contributed by atoms with Crippen molar-refractivity contribution in [3.8, 4) is 0 Å². The number of nitrogens with one attached hydrogen (secondary N) is 1. The normalized spacial score (nSPS) is 19.5. The molecule has 0 unspecified atom stereocenters. The Kier molecular flexibility index (Phi) is 5.63. The molecule has 7 heteroatoms. The van der Waals surface area contributed by atoms with E-state index in [0.29, 0.717) is 6.54 Å². The van der Waals surface area contributed by atoms with Gasteiger partial charge >= 0.3 is 0 Å². The van der Waals surface area contributed by atoms with Crippen molar-refractivity contribution in [3.63, 3.8) is 0 Å². The average molecular weight is 328 g/mol. The Morgan fingerprint density at radius 2 is 2.05 bits per heavy atom. The first kappa shape index (κ1) is 17.0. The first-order valence-electron chi connectivity index (χ1n) is 7.63. The molecule has 0 radical (unpaired) electrons. The quantitative estimate of drug-likeness (QED) is 0.853. The largest absolute Gasteiger partial charge is 0.468 e. The van der Waals surface area contributed by atoms with Crippen LogP contribution in [0.3, 0.4) is 0 Å². The molecule has 1 aromatic rings. The van der Waals surface area contributed by atoms with Gasteiger partial charge in [-0.05, 0) is 45.0 Å². The van der Waals surface area contributed by atoms with E-state index >= 15 is 0 Å². The van der Waals surface area contributed by atoms with Crippen LogP contribution >= 0.6 is 0 Å². The number of sulfone groups is 1. The predicted octanol–water partition coefficient (Wildman–Crippen LogP) is 1.36. The highest BCUT2D eigenvalue weighted by molar-refractivity contribution is 7.92. The standard InChI is InChI=1S/C15H24N2O4S/c1-12(22(2,19)20)15(18)16-11-13(14-7-6-10-21-14)17-8-4-3-5-9-17/h6-7,10,12-13H,3-5,8-9,11H2,1-2H3,(H,16,18)/t12-,13+/m1/s1. The molecule has 0 spiro atoms. The lowest BCUT2D eigenvalue weighted by Crippen LogP contribution is -2.44. The Bertz CT molecular complexity index is 577. The number of carbonyl (C=O) groups excluding carboxylic acids is 1. The summed E-state index contributed by atoms with van der Waals surface area (Å²) < 4.78 is 28.4. The SMILES string of the molecule is C[C@H](C(=O)NC[C@@H](c1ccco1)N1CCCCC1)S(C)(=O)=O. The molecule has 1 aliphatic heterocycles. The van der Waals surface area contributed by atoms with E-state index in [1.54, 1.807) is 6.26 Å². The van der Waals surface area contributed by atoms with Crippen molar-refractivity contribution in [1.82, 2.24) is 10.2 Å². The molecule has 0 saturated carbocycles. The average Bonchev–Trinajstić information content (AvgIpc) is 3.00. The van der Waals surface area contributed by atoms with Crippen LogP contribution in [0.15, 0.2) is 22.8 Å². The second-order valence-corrected chi connectivity index (χ2v) is 8.21. The molecular weight excluding hydrogens is 304 g/mol. The highest BCUT2D eigenvalue weighted by atomic mass is 32.2. The van der Waals surface area contributed by atoms with Crippen LogP contribution in [-0.2, 0) is 14.6 Å². The van der Waals surface area contributed by atoms with Gasteiger partial charge in [0.25, 0.3) is 0 Å². The van der Waals surface area contributed by atoms with E-state index in [9.17, 15) is 13.2 Å². The molecule has 6 nitrogen and oxygen atoms in total. The molecule has 1 N–H and O–H groups in total. The maximum absolute atomic E-state index is 12.0. The van der Waals surface area contributed by atoms with Gasteiger partial charge in [0.1, 0.15) is 11.0 Å². The fraction of sp³-hybridized carbons (Fsp3) is 0.667. The number of nitrogens with zero attached hydrogens (tertiary/aromatic N) is 1. The Hall–Kier alpha value is -1.34. The van der Waals surface area contributed by atoms with E-state index in [4.69, 9.17) is 4.42 Å². The monoisotopic (exact) mass is 328 g/mol. The van der Waals surface area contributed by atoms with Crippen molar-refractivity contribution in [2.24, 2.45) is 0 Å². The summed E-state index contributed by atoms with van der Waals surface area (Å²) in [6.07, 6.45) is 6.17. The van der Waals surface area contributed by atoms with Crippen LogP contribution < -0.4 is 5.32 Å². The molecule has 1 amide bonds. The van der Waals surface area contributed by atoms with Crippen molar-refractivity contribution >= 4 is 15.7 Å². The number of hydrogen-bond donors (Lipinski definition) is 1. The summed E-state index contributed by atoms with van der Waals surface area (Å²) in [4.78, 5) is 14.3. The van der Waals surface area contributed by atoms with Gasteiger partial charge in [-0.25, -0.2) is 8.42 Å². The van der Waals surface area contributed by atoms with Crippen LogP contribution in [0.4, 0.5) is 0 Å². The summed E-state index contributed by atoms with van der Waals surface area (Å²) in [7, 11) is -3.38. The third-order valence-corrected chi connectivity index (χ3v) is 5.68. The lowest BCUT2D eigenvalue weighted by atomic mass is 10.1. The molecule has 2 atom stereocenters. The maximum Gasteiger partial charge on any atom is 0.238 e. The second-order valence-electron chi connectivity index (χ2n) is 5.84. The highest BCUT2D eigenvalue weighted by Gasteiger charge is 2.28. The number of hydrogen-bond acceptors (Lipinski definition) is 5. The Labute approximate surface area is 131 Å². The Balaban J connectivity index is 2.02. The summed E-state index contributed by atoms with van der Waals surface area (Å²) >= 11 is 0. The third kappa shape index (κ3) is 4.33. The summed E-state index contributed by atoms with van der Waals surface area (Å²) in [5, 5.41) is 1.72. The lowest BCUT2D eigenvalue weighted by molar-refractivity contribution is -0.120. The Morgan fingerprint density at radius 1 is 1.36 bits per heavy atom. The fourth-order valence-corrected chi connectivity index (χ4v) is 3.13. The van der Waals surface area contributed by atoms with Crippen LogP contribution in [0, 0.1) is 0 Å². The van der Waals surface area contributed by atoms with E-state index < -0.39 is 21.0 Å². The lowest BCUT2D eigenvalue weighted by Gasteiger charge is -2.33. The van der Waals surface area contributed by atoms with Crippen molar-refractivity contribution in [3.05, 3.63) is 24.2 Å². The summed E-state index contributed by atoms with van der Waals surface area (Å²) in [5.74, 6) is 0.338. The molecule has 1 aromatic heterocycles. The van der Waals surface area contributed by atoms with Crippen molar-refractivity contribution in [1.29, 1.82) is 0 Å². The smallest absolute Gasteiger partial charge is 0.238 e. The van der Waals surface area contributed by atoms with E-state index in [2.05, 4.69) is 10.2 Å². The van der Waals surface area contributed by atoms with Gasteiger partial charge in [-0.15, -0.1) is 0 Å². The molecule has 1 fully saturated rings. The number of likely N-dealkylation sites (tertiary alicyclic amines) is 1. The van der Waals surface area contributed by atoms with Gasteiger partial charge in [0.15, 0.2) is 9.84 Å². The summed E-state index contributed by atoms with van der Waals surface area (Å²) in [5.41, 5.74) is 0. The highest BCUT2D eigenvalue weighted by Crippen LogP contribution is 2.24. The van der Waals surface area contributed by atoms with E-state index in [0.717, 1.165) is 37.9 Å². The van der Waals surface area contributed by atoms with Gasteiger partial charge in [0, 0.05) is 12.8 Å². The molecule has 2 rings (SSSR count). The van der Waals surface area contributed by atoms with Gasteiger partial charge < -0.3 is 9.73 Å². The molecule has 1 aliphatic rings. The van der Waals surface area contributed by atoms with Gasteiger partial charge in [0.05, 0.1) is 12.3 Å². The minimum absolute atomic E-state index is 0.0500. The van der Waals surface area contributed by atoms with Crippen molar-refractivity contribution < 1.29 is 17.6 Å². The van der Waals surface area contributed by atoms with E-state index in [1.165, 1.54) is 13.3 Å². The topological polar surface area (TPSA) is 79.6 Å². The van der Waals surface area contributed by atoms with Gasteiger partial charge in [0.2, 0.25) is 5.91 Å². The van der Waals surface area contributed by atoms with Crippen LogP contribution in [-0.4, -0.2) is 50.4 Å². The van der Waals surface area contributed by atoms with E-state index in [-0.39, 0.29) is 6.04 Å². The molecule has 22 heavy (non-hydrogen) atoms. The summed E-state index contributed by atoms with van der Waals surface area (Å²) in [6, 6.07) is 3.67. The molecule has 0 bridgehead atoms. The minimum atomic E-state index is -3.38. The molecule has 124 valence electrons. The van der Waals surface area contributed by atoms with Gasteiger partial charge in [-0.3, -0.25) is 9.69 Å². The zero-order chi connectivity index (χ0) is 16.2. The fourth-order valence-electron chi connectivity index (χ4n) is 2.66. The summed E-state index contributed by atoms with van der Waals surface area (Å²) in [6.45, 7) is 3.69. The van der Waals surface area contributed by atoms with E-state index in [1.807, 2.05) is 12.1 Å². The number of carbonyl (C=O) groups is 1. The minimum Gasteiger partial charge on any atom is -0.468 e. The number of piperidine rings is 1. The van der Waals surface area contributed by atoms with Crippen LogP contribution in [0.5, 0.6) is 0 Å². The number of amides is 1. The van der Waals surface area contributed by atoms with Crippen LogP contribution in [0.1, 0.15) is 38.0 Å². The van der Waals surface area contributed by atoms with Crippen LogP contribution in [0.2, 0.25) is 0 Å². The molecule has 0 aromatic carbocycles. The van der Waals surface area contributed by atoms with Crippen molar-refractivity contribution in [2.75, 3.05) is 25.9 Å². The first-order valence-corrected chi connectivity index (χ1v) is 9.59. The Morgan fingerprint density at radius 3 is 2.59 bits per heavy atom. The molecule has 2 heterocycles. The molecule has 1 saturated heterocycles. The maximum atomic E-state index is 12.0. The third-order valence-electron chi connectivity index (χ3n) is 4.18. The number of furan rings is 1. The zero-order valence-corrected chi connectivity index (χ0v) is 13.9. The van der Waals surface area contributed by atoms with Gasteiger partial charge in [-0.2, -0.15) is 0 Å².